The summed E-state index contributed by atoms with van der Waals surface area (Å²) >= 11 is 1.01. The minimum Gasteiger partial charge on any atom is -0.490 e. The van der Waals surface area contributed by atoms with Crippen molar-refractivity contribution in [1.29, 1.82) is 0 Å². The molecule has 1 aromatic heterocycles. The molecule has 0 saturated heterocycles. The average molecular weight is 491 g/mol. The number of hydrogen-bond acceptors (Lipinski definition) is 5. The molecule has 0 aliphatic carbocycles. The van der Waals surface area contributed by atoms with Gasteiger partial charge in [-0.3, -0.25) is 10.1 Å². The molecule has 1 heterocycles. The van der Waals surface area contributed by atoms with Crippen molar-refractivity contribution >= 4 is 34.4 Å². The molecule has 0 fully saturated rings. The average Bonchev–Trinajstić information content (AvgIpc) is 3.23. The number of benzene rings is 2. The molecule has 0 aliphatic rings. The molecule has 178 valence electrons. The van der Waals surface area contributed by atoms with Crippen LogP contribution in [0.25, 0.3) is 17.3 Å². The number of aromatic nitrogens is 1. The first-order chi connectivity index (χ1) is 16.1. The van der Waals surface area contributed by atoms with Crippen LogP contribution < -0.4 is 10.1 Å². The second-order valence-electron chi connectivity index (χ2n) is 7.80. The number of aliphatic carboxylic acids is 1. The summed E-state index contributed by atoms with van der Waals surface area (Å²) in [4.78, 5) is 27.6. The third kappa shape index (κ3) is 5.82. The number of amides is 1. The summed E-state index contributed by atoms with van der Waals surface area (Å²) in [7, 11) is 0. The molecule has 2 N–H and O–H groups in total. The summed E-state index contributed by atoms with van der Waals surface area (Å²) in [6.45, 7) is 5.42. The van der Waals surface area contributed by atoms with E-state index < -0.39 is 34.9 Å². The molecule has 0 atom stereocenters. The van der Waals surface area contributed by atoms with Gasteiger partial charge in [0.15, 0.2) is 16.7 Å². The summed E-state index contributed by atoms with van der Waals surface area (Å²) in [6.07, 6.45) is 0.843. The van der Waals surface area contributed by atoms with E-state index in [1.54, 1.807) is 6.07 Å². The second kappa shape index (κ2) is 10.5. The molecule has 3 rings (SSSR count). The molecule has 3 aromatic rings. The molecule has 2 aromatic carbocycles. The first kappa shape index (κ1) is 25.0. The van der Waals surface area contributed by atoms with Crippen molar-refractivity contribution in [2.45, 2.75) is 20.8 Å². The fourth-order valence-corrected chi connectivity index (χ4v) is 3.54. The maximum atomic E-state index is 14.8. The number of thiazole rings is 1. The van der Waals surface area contributed by atoms with Crippen molar-refractivity contribution in [2.75, 3.05) is 11.9 Å². The molecule has 0 unspecified atom stereocenters. The fraction of sp³-hybridized carbons (Fsp3) is 0.208. The number of carbonyl (C=O) groups excluding carboxylic acids is 1. The number of halogens is 3. The Labute approximate surface area is 197 Å². The number of carboxylic acids is 1. The Hall–Kier alpha value is -3.66. The van der Waals surface area contributed by atoms with Crippen molar-refractivity contribution in [2.24, 2.45) is 5.92 Å². The van der Waals surface area contributed by atoms with Gasteiger partial charge in [-0.2, -0.15) is 0 Å². The lowest BCUT2D eigenvalue weighted by molar-refractivity contribution is -0.132. The van der Waals surface area contributed by atoms with E-state index >= 15 is 0 Å². The largest absolute Gasteiger partial charge is 0.490 e. The molecule has 10 heteroatoms. The van der Waals surface area contributed by atoms with Crippen LogP contribution in [0, 0.1) is 23.4 Å². The highest BCUT2D eigenvalue weighted by molar-refractivity contribution is 7.14. The quantitative estimate of drug-likeness (QED) is 0.378. The highest BCUT2D eigenvalue weighted by atomic mass is 32.1. The Morgan fingerprint density at radius 2 is 1.88 bits per heavy atom. The lowest BCUT2D eigenvalue weighted by Crippen LogP contribution is -2.13. The van der Waals surface area contributed by atoms with Crippen LogP contribution in [0.3, 0.4) is 0 Å². The third-order valence-electron chi connectivity index (χ3n) is 4.58. The predicted molar refractivity (Wildman–Crippen MR) is 123 cm³/mol. The van der Waals surface area contributed by atoms with Gasteiger partial charge in [-0.15, -0.1) is 11.3 Å². The minimum atomic E-state index is -1.33. The summed E-state index contributed by atoms with van der Waals surface area (Å²) in [5, 5.41) is 12.9. The van der Waals surface area contributed by atoms with Gasteiger partial charge in [0.05, 0.1) is 12.3 Å². The molecule has 0 saturated carbocycles. The SMILES string of the molecule is C/C(=C\c1c(F)cc(C(=O)Nc2nc(-c3cccc(OCC(C)C)c3F)cs2)cc1F)C(=O)O. The van der Waals surface area contributed by atoms with E-state index in [4.69, 9.17) is 9.84 Å². The number of ether oxygens (including phenoxy) is 1. The van der Waals surface area contributed by atoms with E-state index in [0.717, 1.165) is 29.5 Å². The zero-order valence-electron chi connectivity index (χ0n) is 18.5. The first-order valence-corrected chi connectivity index (χ1v) is 11.0. The number of carboxylic acid groups (broad SMARTS) is 1. The van der Waals surface area contributed by atoms with Gasteiger partial charge in [0.25, 0.3) is 5.91 Å². The van der Waals surface area contributed by atoms with Crippen molar-refractivity contribution in [3.63, 3.8) is 0 Å². The Morgan fingerprint density at radius 3 is 2.50 bits per heavy atom. The number of nitrogens with one attached hydrogen (secondary N) is 1. The van der Waals surface area contributed by atoms with Crippen LogP contribution in [-0.2, 0) is 4.79 Å². The monoisotopic (exact) mass is 490 g/mol. The van der Waals surface area contributed by atoms with E-state index in [9.17, 15) is 22.8 Å². The summed E-state index contributed by atoms with van der Waals surface area (Å²) in [6, 6.07) is 6.25. The third-order valence-corrected chi connectivity index (χ3v) is 5.33. The topological polar surface area (TPSA) is 88.5 Å². The molecule has 6 nitrogen and oxygen atoms in total. The van der Waals surface area contributed by atoms with Crippen molar-refractivity contribution in [1.82, 2.24) is 4.98 Å². The fourth-order valence-electron chi connectivity index (χ4n) is 2.83. The van der Waals surface area contributed by atoms with Gasteiger partial charge in [0.1, 0.15) is 11.6 Å². The maximum Gasteiger partial charge on any atom is 0.331 e. The number of rotatable bonds is 8. The molecule has 0 spiro atoms. The smallest absolute Gasteiger partial charge is 0.331 e. The Balaban J connectivity index is 1.80. The number of anilines is 1. The predicted octanol–water partition coefficient (Wildman–Crippen LogP) is 6.00. The molecule has 0 radical (unpaired) electrons. The van der Waals surface area contributed by atoms with Gasteiger partial charge >= 0.3 is 5.97 Å². The Kier molecular flexibility index (Phi) is 7.72. The molecular formula is C24H21F3N2O4S. The Bertz CT molecular complexity index is 1250. The first-order valence-electron chi connectivity index (χ1n) is 10.2. The number of carbonyl (C=O) groups is 2. The van der Waals surface area contributed by atoms with Gasteiger partial charge in [-0.1, -0.05) is 19.9 Å². The number of hydrogen-bond donors (Lipinski definition) is 2. The van der Waals surface area contributed by atoms with Crippen molar-refractivity contribution in [3.05, 3.63) is 69.9 Å². The zero-order chi connectivity index (χ0) is 25.0. The standard InChI is InChI=1S/C24H21F3N2O4S/c1-12(2)10-33-20-6-4-5-15(21(20)27)19-11-34-24(28-19)29-22(30)14-8-17(25)16(18(26)9-14)7-13(3)23(31)32/h4-9,11-12H,10H2,1-3H3,(H,31,32)(H,28,29,30)/b13-7+. The normalized spacial score (nSPS) is 11.6. The van der Waals surface area contributed by atoms with Crippen LogP contribution in [0.1, 0.15) is 36.7 Å². The zero-order valence-corrected chi connectivity index (χ0v) is 19.3. The second-order valence-corrected chi connectivity index (χ2v) is 8.66. The molecule has 34 heavy (non-hydrogen) atoms. The molecular weight excluding hydrogens is 469 g/mol. The summed E-state index contributed by atoms with van der Waals surface area (Å²) in [5.74, 6) is -4.63. The van der Waals surface area contributed by atoms with Crippen LogP contribution >= 0.6 is 11.3 Å². The molecule has 0 aliphatic heterocycles. The van der Waals surface area contributed by atoms with Crippen molar-refractivity contribution in [3.8, 4) is 17.0 Å². The van der Waals surface area contributed by atoms with Crippen LogP contribution in [0.2, 0.25) is 0 Å². The number of nitrogens with zero attached hydrogens (tertiary/aromatic N) is 1. The van der Waals surface area contributed by atoms with Crippen LogP contribution in [-0.4, -0.2) is 28.6 Å². The summed E-state index contributed by atoms with van der Waals surface area (Å²) in [5.41, 5.74) is -0.721. The van der Waals surface area contributed by atoms with E-state index in [1.807, 2.05) is 13.8 Å². The highest BCUT2D eigenvalue weighted by Crippen LogP contribution is 2.32. The van der Waals surface area contributed by atoms with E-state index in [-0.39, 0.29) is 39.2 Å². The minimum absolute atomic E-state index is 0.0861. The van der Waals surface area contributed by atoms with E-state index in [1.165, 1.54) is 24.4 Å². The molecule has 0 bridgehead atoms. The van der Waals surface area contributed by atoms with Gasteiger partial charge < -0.3 is 9.84 Å². The van der Waals surface area contributed by atoms with E-state index in [2.05, 4.69) is 10.3 Å². The van der Waals surface area contributed by atoms with Gasteiger partial charge in [-0.25, -0.2) is 22.9 Å². The van der Waals surface area contributed by atoms with Crippen LogP contribution in [0.4, 0.5) is 18.3 Å². The Morgan fingerprint density at radius 1 is 1.21 bits per heavy atom. The van der Waals surface area contributed by atoms with Crippen LogP contribution in [0.5, 0.6) is 5.75 Å². The lowest BCUT2D eigenvalue weighted by atomic mass is 10.1. The van der Waals surface area contributed by atoms with Crippen LogP contribution in [0.15, 0.2) is 41.3 Å². The van der Waals surface area contributed by atoms with Gasteiger partial charge in [-0.05, 0) is 43.2 Å². The maximum absolute atomic E-state index is 14.8. The van der Waals surface area contributed by atoms with Crippen molar-refractivity contribution < 1.29 is 32.6 Å². The van der Waals surface area contributed by atoms with E-state index in [0.29, 0.717) is 6.61 Å². The van der Waals surface area contributed by atoms with Gasteiger partial charge in [0.2, 0.25) is 0 Å². The summed E-state index contributed by atoms with van der Waals surface area (Å²) < 4.78 is 49.0. The van der Waals surface area contributed by atoms with Gasteiger partial charge in [0, 0.05) is 27.6 Å². The lowest BCUT2D eigenvalue weighted by Gasteiger charge is -2.11. The highest BCUT2D eigenvalue weighted by Gasteiger charge is 2.18. The molecule has 1 amide bonds.